The van der Waals surface area contributed by atoms with Crippen molar-refractivity contribution in [3.63, 3.8) is 0 Å². The minimum Gasteiger partial charge on any atom is -0.373 e. The molecule has 2 N–H and O–H groups in total. The van der Waals surface area contributed by atoms with Gasteiger partial charge >= 0.3 is 0 Å². The van der Waals surface area contributed by atoms with E-state index in [9.17, 15) is 8.42 Å². The van der Waals surface area contributed by atoms with Crippen LogP contribution in [-0.4, -0.2) is 25.4 Å². The summed E-state index contributed by atoms with van der Waals surface area (Å²) in [4.78, 5) is 8.09. The Morgan fingerprint density at radius 2 is 1.85 bits per heavy atom. The van der Waals surface area contributed by atoms with Crippen LogP contribution in [0.5, 0.6) is 0 Å². The molecule has 7 heteroatoms. The van der Waals surface area contributed by atoms with Gasteiger partial charge in [0.25, 0.3) is 0 Å². The fourth-order valence-electron chi connectivity index (χ4n) is 1.74. The number of aromatic nitrogens is 2. The molecular formula is C13H16N4O2S. The van der Waals surface area contributed by atoms with Crippen molar-refractivity contribution in [3.8, 4) is 0 Å². The average Bonchev–Trinajstić information content (AvgIpc) is 2.48. The van der Waals surface area contributed by atoms with Gasteiger partial charge in [0.05, 0.1) is 4.90 Å². The van der Waals surface area contributed by atoms with Gasteiger partial charge in [0.1, 0.15) is 5.82 Å². The third-order valence-corrected chi connectivity index (χ3v) is 4.37. The summed E-state index contributed by atoms with van der Waals surface area (Å²) in [5.41, 5.74) is 0.853. The highest BCUT2D eigenvalue weighted by molar-refractivity contribution is 7.89. The number of nitrogens with zero attached hydrogens (tertiary/aromatic N) is 2. The van der Waals surface area contributed by atoms with Crippen LogP contribution in [0.1, 0.15) is 18.5 Å². The third-order valence-electron chi connectivity index (χ3n) is 2.84. The molecule has 20 heavy (non-hydrogen) atoms. The predicted octanol–water partition coefficient (Wildman–Crippen LogP) is 1.56. The summed E-state index contributed by atoms with van der Waals surface area (Å²) in [5.74, 6) is 0.504. The molecular weight excluding hydrogens is 276 g/mol. The lowest BCUT2D eigenvalue weighted by molar-refractivity contribution is 0.566. The van der Waals surface area contributed by atoms with Gasteiger partial charge < -0.3 is 5.32 Å². The molecule has 0 aliphatic heterocycles. The van der Waals surface area contributed by atoms with E-state index in [0.717, 1.165) is 5.56 Å². The van der Waals surface area contributed by atoms with Gasteiger partial charge in [-0.15, -0.1) is 0 Å². The molecule has 0 aliphatic carbocycles. The zero-order chi connectivity index (χ0) is 14.6. The molecule has 2 rings (SSSR count). The van der Waals surface area contributed by atoms with E-state index in [1.54, 1.807) is 38.5 Å². The first-order chi connectivity index (χ1) is 9.53. The molecule has 106 valence electrons. The van der Waals surface area contributed by atoms with Crippen molar-refractivity contribution in [1.82, 2.24) is 14.7 Å². The Bertz CT molecular complexity index is 674. The molecule has 0 saturated heterocycles. The Morgan fingerprint density at radius 1 is 1.15 bits per heavy atom. The lowest BCUT2D eigenvalue weighted by atomic mass is 10.1. The largest absolute Gasteiger partial charge is 0.373 e. The Morgan fingerprint density at radius 3 is 2.50 bits per heavy atom. The standard InChI is InChI=1S/C13H16N4O2S/c1-10(11-3-6-15-7-4-11)17-20(18,19)12-5-8-16-13(9-12)14-2/h3-10,17H,1-2H3,(H,14,16). The molecule has 0 fully saturated rings. The van der Waals surface area contributed by atoms with Crippen LogP contribution in [0.15, 0.2) is 47.8 Å². The van der Waals surface area contributed by atoms with Crippen molar-refractivity contribution in [2.45, 2.75) is 17.9 Å². The monoisotopic (exact) mass is 292 g/mol. The van der Waals surface area contributed by atoms with Gasteiger partial charge in [0.2, 0.25) is 10.0 Å². The molecule has 1 atom stereocenters. The zero-order valence-electron chi connectivity index (χ0n) is 11.2. The number of anilines is 1. The van der Waals surface area contributed by atoms with Gasteiger partial charge in [-0.25, -0.2) is 18.1 Å². The summed E-state index contributed by atoms with van der Waals surface area (Å²) in [5, 5.41) is 2.81. The zero-order valence-corrected chi connectivity index (χ0v) is 12.1. The number of hydrogen-bond acceptors (Lipinski definition) is 5. The van der Waals surface area contributed by atoms with Gasteiger partial charge in [-0.05, 0) is 30.7 Å². The summed E-state index contributed by atoms with van der Waals surface area (Å²) >= 11 is 0. The predicted molar refractivity (Wildman–Crippen MR) is 76.8 cm³/mol. The van der Waals surface area contributed by atoms with Crippen molar-refractivity contribution in [3.05, 3.63) is 48.4 Å². The topological polar surface area (TPSA) is 84.0 Å². The summed E-state index contributed by atoms with van der Waals surface area (Å²) in [6.45, 7) is 1.78. The van der Waals surface area contributed by atoms with Crippen LogP contribution in [0.4, 0.5) is 5.82 Å². The van der Waals surface area contributed by atoms with E-state index in [1.807, 2.05) is 0 Å². The van der Waals surface area contributed by atoms with Crippen LogP contribution in [0.3, 0.4) is 0 Å². The molecule has 1 unspecified atom stereocenters. The molecule has 0 spiro atoms. The van der Waals surface area contributed by atoms with Gasteiger partial charge in [-0.1, -0.05) is 0 Å². The van der Waals surface area contributed by atoms with E-state index in [2.05, 4.69) is 20.0 Å². The van der Waals surface area contributed by atoms with Crippen LogP contribution in [0, 0.1) is 0 Å². The van der Waals surface area contributed by atoms with Gasteiger partial charge in [0, 0.05) is 37.7 Å². The van der Waals surface area contributed by atoms with Gasteiger partial charge in [0.15, 0.2) is 0 Å². The molecule has 2 aromatic heterocycles. The second-order valence-electron chi connectivity index (χ2n) is 4.25. The lowest BCUT2D eigenvalue weighted by Gasteiger charge is -2.14. The maximum atomic E-state index is 12.3. The Labute approximate surface area is 118 Å². The quantitative estimate of drug-likeness (QED) is 0.873. The molecule has 0 amide bonds. The second kappa shape index (κ2) is 5.98. The summed E-state index contributed by atoms with van der Waals surface area (Å²) < 4.78 is 27.2. The summed E-state index contributed by atoms with van der Waals surface area (Å²) in [6, 6.07) is 6.16. The van der Waals surface area contributed by atoms with E-state index >= 15 is 0 Å². The second-order valence-corrected chi connectivity index (χ2v) is 5.96. The van der Waals surface area contributed by atoms with Gasteiger partial charge in [-0.3, -0.25) is 4.98 Å². The van der Waals surface area contributed by atoms with Crippen molar-refractivity contribution in [1.29, 1.82) is 0 Å². The van der Waals surface area contributed by atoms with Crippen molar-refractivity contribution in [2.24, 2.45) is 0 Å². The maximum Gasteiger partial charge on any atom is 0.241 e. The van der Waals surface area contributed by atoms with E-state index in [0.29, 0.717) is 5.82 Å². The average molecular weight is 292 g/mol. The molecule has 0 radical (unpaired) electrons. The number of pyridine rings is 2. The van der Waals surface area contributed by atoms with Crippen molar-refractivity contribution in [2.75, 3.05) is 12.4 Å². The summed E-state index contributed by atoms with van der Waals surface area (Å²) in [6.07, 6.45) is 4.72. The van der Waals surface area contributed by atoms with Gasteiger partial charge in [-0.2, -0.15) is 0 Å². The fourth-order valence-corrected chi connectivity index (χ4v) is 2.98. The van der Waals surface area contributed by atoms with E-state index in [1.165, 1.54) is 18.3 Å². The van der Waals surface area contributed by atoms with Crippen molar-refractivity contribution >= 4 is 15.8 Å². The highest BCUT2D eigenvalue weighted by Gasteiger charge is 2.18. The first-order valence-corrected chi connectivity index (χ1v) is 7.57. The smallest absolute Gasteiger partial charge is 0.241 e. The highest BCUT2D eigenvalue weighted by Crippen LogP contribution is 2.17. The molecule has 2 heterocycles. The Hall–Kier alpha value is -1.99. The number of sulfonamides is 1. The van der Waals surface area contributed by atoms with E-state index in [-0.39, 0.29) is 10.9 Å². The molecule has 2 aromatic rings. The van der Waals surface area contributed by atoms with Crippen LogP contribution >= 0.6 is 0 Å². The first-order valence-electron chi connectivity index (χ1n) is 6.09. The number of rotatable bonds is 5. The van der Waals surface area contributed by atoms with E-state index < -0.39 is 10.0 Å². The first kappa shape index (κ1) is 14.4. The Kier molecular flexibility index (Phi) is 4.31. The SMILES string of the molecule is CNc1cc(S(=O)(=O)NC(C)c2ccncc2)ccn1. The molecule has 0 bridgehead atoms. The van der Waals surface area contributed by atoms with Crippen LogP contribution < -0.4 is 10.0 Å². The third kappa shape index (κ3) is 3.31. The molecule has 0 aromatic carbocycles. The van der Waals surface area contributed by atoms with Crippen LogP contribution in [0.25, 0.3) is 0 Å². The van der Waals surface area contributed by atoms with E-state index in [4.69, 9.17) is 0 Å². The van der Waals surface area contributed by atoms with Crippen molar-refractivity contribution < 1.29 is 8.42 Å². The normalized spacial score (nSPS) is 12.9. The number of nitrogens with one attached hydrogen (secondary N) is 2. The Balaban J connectivity index is 2.23. The van der Waals surface area contributed by atoms with Crippen LogP contribution in [0.2, 0.25) is 0 Å². The highest BCUT2D eigenvalue weighted by atomic mass is 32.2. The molecule has 0 aliphatic rings. The lowest BCUT2D eigenvalue weighted by Crippen LogP contribution is -2.27. The minimum atomic E-state index is -3.59. The molecule has 6 nitrogen and oxygen atoms in total. The minimum absolute atomic E-state index is 0.178. The molecule has 0 saturated carbocycles. The fraction of sp³-hybridized carbons (Fsp3) is 0.231. The number of hydrogen-bond donors (Lipinski definition) is 2. The maximum absolute atomic E-state index is 12.3. The van der Waals surface area contributed by atoms with Crippen LogP contribution in [-0.2, 0) is 10.0 Å². The summed E-state index contributed by atoms with van der Waals surface area (Å²) in [7, 11) is -1.90.